The highest BCUT2D eigenvalue weighted by atomic mass is 16.5. The van der Waals surface area contributed by atoms with Crippen molar-refractivity contribution in [3.8, 4) is 0 Å². The van der Waals surface area contributed by atoms with Crippen molar-refractivity contribution < 1.29 is 14.6 Å². The van der Waals surface area contributed by atoms with E-state index in [0.29, 0.717) is 19.5 Å². The summed E-state index contributed by atoms with van der Waals surface area (Å²) < 4.78 is 5.57. The molecule has 1 aliphatic carbocycles. The molecule has 2 atom stereocenters. The molecular weight excluding hydrogens is 242 g/mol. The van der Waals surface area contributed by atoms with Crippen LogP contribution in [0.3, 0.4) is 0 Å². The van der Waals surface area contributed by atoms with Crippen molar-refractivity contribution in [1.82, 2.24) is 4.90 Å². The molecule has 0 aromatic rings. The molecule has 0 bridgehead atoms. The normalized spacial score (nSPS) is 29.5. The van der Waals surface area contributed by atoms with Gasteiger partial charge in [-0.15, -0.1) is 0 Å². The van der Waals surface area contributed by atoms with Crippen molar-refractivity contribution in [1.29, 1.82) is 0 Å². The summed E-state index contributed by atoms with van der Waals surface area (Å²) in [5.41, 5.74) is 0. The number of morpholine rings is 1. The zero-order chi connectivity index (χ0) is 13.7. The van der Waals surface area contributed by atoms with Crippen LogP contribution < -0.4 is 0 Å². The topological polar surface area (TPSA) is 49.8 Å². The van der Waals surface area contributed by atoms with Crippen LogP contribution in [0.25, 0.3) is 0 Å². The molecule has 1 saturated carbocycles. The minimum Gasteiger partial charge on any atom is -0.394 e. The summed E-state index contributed by atoms with van der Waals surface area (Å²) in [4.78, 5) is 14.1. The van der Waals surface area contributed by atoms with Crippen LogP contribution >= 0.6 is 0 Å². The molecule has 0 radical (unpaired) electrons. The van der Waals surface area contributed by atoms with Gasteiger partial charge in [-0.3, -0.25) is 4.79 Å². The van der Waals surface area contributed by atoms with E-state index in [9.17, 15) is 9.90 Å². The fourth-order valence-corrected chi connectivity index (χ4v) is 3.31. The minimum absolute atomic E-state index is 0.00323. The van der Waals surface area contributed by atoms with Gasteiger partial charge in [-0.1, -0.05) is 32.1 Å². The van der Waals surface area contributed by atoms with Gasteiger partial charge in [0.15, 0.2) is 0 Å². The van der Waals surface area contributed by atoms with Crippen molar-refractivity contribution in [3.63, 3.8) is 0 Å². The summed E-state index contributed by atoms with van der Waals surface area (Å²) in [6, 6.07) is 0. The lowest BCUT2D eigenvalue weighted by Gasteiger charge is -2.36. The summed E-state index contributed by atoms with van der Waals surface area (Å²) in [5.74, 6) is 0.990. The molecule has 1 aliphatic heterocycles. The van der Waals surface area contributed by atoms with Crippen molar-refractivity contribution in [2.45, 2.75) is 64.1 Å². The molecule has 1 amide bonds. The summed E-state index contributed by atoms with van der Waals surface area (Å²) in [6.45, 7) is 3.17. The standard InChI is InChI=1S/C15H27NO3/c1-12-9-16(10-14(11-17)19-12)15(18)8-7-13-5-3-2-4-6-13/h12-14,17H,2-11H2,1H3. The Morgan fingerprint density at radius 2 is 2.00 bits per heavy atom. The Bertz CT molecular complexity index is 289. The second-order valence-electron chi connectivity index (χ2n) is 6.09. The number of aliphatic hydroxyl groups is 1. The van der Waals surface area contributed by atoms with E-state index in [-0.39, 0.29) is 24.7 Å². The van der Waals surface area contributed by atoms with E-state index in [2.05, 4.69) is 0 Å². The van der Waals surface area contributed by atoms with Crippen LogP contribution in [-0.2, 0) is 9.53 Å². The number of hydrogen-bond acceptors (Lipinski definition) is 3. The molecule has 4 nitrogen and oxygen atoms in total. The van der Waals surface area contributed by atoms with Crippen LogP contribution in [0.2, 0.25) is 0 Å². The Morgan fingerprint density at radius 3 is 2.68 bits per heavy atom. The first-order valence-corrected chi connectivity index (χ1v) is 7.73. The molecule has 2 unspecified atom stereocenters. The van der Waals surface area contributed by atoms with Crippen LogP contribution in [0.1, 0.15) is 51.9 Å². The SMILES string of the molecule is CC1CN(C(=O)CCC2CCCCC2)CC(CO)O1. The number of amides is 1. The molecule has 0 aromatic heterocycles. The Hall–Kier alpha value is -0.610. The number of aliphatic hydroxyl groups excluding tert-OH is 1. The average molecular weight is 269 g/mol. The molecule has 1 N–H and O–H groups in total. The predicted octanol–water partition coefficient (Wildman–Crippen LogP) is 1.96. The number of rotatable bonds is 4. The number of carbonyl (C=O) groups is 1. The third-order valence-electron chi connectivity index (χ3n) is 4.37. The molecule has 2 fully saturated rings. The zero-order valence-corrected chi connectivity index (χ0v) is 12.0. The number of ether oxygens (including phenoxy) is 1. The van der Waals surface area contributed by atoms with Crippen LogP contribution in [-0.4, -0.2) is 47.8 Å². The second-order valence-corrected chi connectivity index (χ2v) is 6.09. The molecule has 1 heterocycles. The molecule has 2 rings (SSSR count). The van der Waals surface area contributed by atoms with Crippen molar-refractivity contribution in [2.24, 2.45) is 5.92 Å². The van der Waals surface area contributed by atoms with Gasteiger partial charge >= 0.3 is 0 Å². The lowest BCUT2D eigenvalue weighted by molar-refractivity contribution is -0.147. The maximum Gasteiger partial charge on any atom is 0.222 e. The third-order valence-corrected chi connectivity index (χ3v) is 4.37. The van der Waals surface area contributed by atoms with E-state index in [1.54, 1.807) is 0 Å². The summed E-state index contributed by atoms with van der Waals surface area (Å²) in [6.07, 6.45) is 8.15. The predicted molar refractivity (Wildman–Crippen MR) is 73.8 cm³/mol. The molecular formula is C15H27NO3. The van der Waals surface area contributed by atoms with Gasteiger partial charge in [0.2, 0.25) is 5.91 Å². The Balaban J connectivity index is 1.75. The Kier molecular flexibility index (Phi) is 5.64. The van der Waals surface area contributed by atoms with E-state index in [4.69, 9.17) is 4.74 Å². The van der Waals surface area contributed by atoms with Gasteiger partial charge in [-0.25, -0.2) is 0 Å². The average Bonchev–Trinajstić information content (AvgIpc) is 2.45. The summed E-state index contributed by atoms with van der Waals surface area (Å²) in [5, 5.41) is 9.18. The quantitative estimate of drug-likeness (QED) is 0.848. The fourth-order valence-electron chi connectivity index (χ4n) is 3.31. The van der Waals surface area contributed by atoms with Gasteiger partial charge in [0.25, 0.3) is 0 Å². The highest BCUT2D eigenvalue weighted by Crippen LogP contribution is 2.27. The van der Waals surface area contributed by atoms with E-state index in [1.165, 1.54) is 32.1 Å². The smallest absolute Gasteiger partial charge is 0.222 e. The van der Waals surface area contributed by atoms with Crippen LogP contribution in [0.15, 0.2) is 0 Å². The lowest BCUT2D eigenvalue weighted by Crippen LogP contribution is -2.50. The molecule has 2 aliphatic rings. The highest BCUT2D eigenvalue weighted by Gasteiger charge is 2.28. The van der Waals surface area contributed by atoms with Gasteiger partial charge in [-0.2, -0.15) is 0 Å². The number of carbonyl (C=O) groups excluding carboxylic acids is 1. The Morgan fingerprint density at radius 1 is 1.26 bits per heavy atom. The number of hydrogen-bond donors (Lipinski definition) is 1. The van der Waals surface area contributed by atoms with Gasteiger partial charge in [0, 0.05) is 19.5 Å². The number of nitrogens with zero attached hydrogens (tertiary/aromatic N) is 1. The molecule has 0 spiro atoms. The first-order chi connectivity index (χ1) is 9.19. The van der Waals surface area contributed by atoms with E-state index >= 15 is 0 Å². The van der Waals surface area contributed by atoms with Gasteiger partial charge in [0.1, 0.15) is 0 Å². The van der Waals surface area contributed by atoms with E-state index in [0.717, 1.165) is 12.3 Å². The molecule has 4 heteroatoms. The lowest BCUT2D eigenvalue weighted by atomic mass is 9.86. The fraction of sp³-hybridized carbons (Fsp3) is 0.933. The Labute approximate surface area is 116 Å². The van der Waals surface area contributed by atoms with Crippen molar-refractivity contribution >= 4 is 5.91 Å². The summed E-state index contributed by atoms with van der Waals surface area (Å²) >= 11 is 0. The maximum atomic E-state index is 12.2. The minimum atomic E-state index is -0.206. The van der Waals surface area contributed by atoms with Gasteiger partial charge in [-0.05, 0) is 19.3 Å². The third kappa shape index (κ3) is 4.46. The molecule has 110 valence electrons. The van der Waals surface area contributed by atoms with Gasteiger partial charge in [0.05, 0.1) is 18.8 Å². The van der Waals surface area contributed by atoms with Crippen LogP contribution in [0.4, 0.5) is 0 Å². The summed E-state index contributed by atoms with van der Waals surface area (Å²) in [7, 11) is 0. The second kappa shape index (κ2) is 7.25. The highest BCUT2D eigenvalue weighted by molar-refractivity contribution is 5.76. The van der Waals surface area contributed by atoms with E-state index < -0.39 is 0 Å². The zero-order valence-electron chi connectivity index (χ0n) is 12.0. The van der Waals surface area contributed by atoms with Crippen LogP contribution in [0.5, 0.6) is 0 Å². The molecule has 0 aromatic carbocycles. The molecule has 1 saturated heterocycles. The first kappa shape index (κ1) is 14.8. The monoisotopic (exact) mass is 269 g/mol. The van der Waals surface area contributed by atoms with Gasteiger partial charge < -0.3 is 14.7 Å². The molecule has 19 heavy (non-hydrogen) atoms. The maximum absolute atomic E-state index is 12.2. The van der Waals surface area contributed by atoms with Crippen molar-refractivity contribution in [2.75, 3.05) is 19.7 Å². The largest absolute Gasteiger partial charge is 0.394 e. The van der Waals surface area contributed by atoms with Crippen LogP contribution in [0, 0.1) is 5.92 Å². The van der Waals surface area contributed by atoms with E-state index in [1.807, 2.05) is 11.8 Å². The van der Waals surface area contributed by atoms with Crippen molar-refractivity contribution in [3.05, 3.63) is 0 Å². The first-order valence-electron chi connectivity index (χ1n) is 7.73.